The summed E-state index contributed by atoms with van der Waals surface area (Å²) in [6, 6.07) is 5.64. The number of hydrogen-bond donors (Lipinski definition) is 0. The molecular weight excluding hydrogens is 356 g/mol. The van der Waals surface area contributed by atoms with Crippen molar-refractivity contribution in [3.8, 4) is 0 Å². The highest BCUT2D eigenvalue weighted by Crippen LogP contribution is 2.26. The van der Waals surface area contributed by atoms with Gasteiger partial charge >= 0.3 is 5.69 Å². The number of pyridine rings is 1. The molecule has 8 heteroatoms. The fourth-order valence-corrected chi connectivity index (χ4v) is 3.67. The Hall–Kier alpha value is -3.29. The maximum absolute atomic E-state index is 12.7. The number of piperidine rings is 1. The minimum atomic E-state index is -0.405. The van der Waals surface area contributed by atoms with Crippen molar-refractivity contribution in [2.75, 3.05) is 13.1 Å². The van der Waals surface area contributed by atoms with Crippen molar-refractivity contribution in [1.82, 2.24) is 29.0 Å². The summed E-state index contributed by atoms with van der Waals surface area (Å²) in [5, 5.41) is 0. The number of amides is 1. The molecule has 0 aromatic carbocycles. The predicted molar refractivity (Wildman–Crippen MR) is 103 cm³/mol. The third-order valence-corrected chi connectivity index (χ3v) is 5.08. The third-order valence-electron chi connectivity index (χ3n) is 5.08. The molecule has 8 nitrogen and oxygen atoms in total. The lowest BCUT2D eigenvalue weighted by atomic mass is 9.97. The van der Waals surface area contributed by atoms with Crippen LogP contribution in [0.25, 0.3) is 0 Å². The van der Waals surface area contributed by atoms with Crippen LogP contribution >= 0.6 is 0 Å². The van der Waals surface area contributed by atoms with Crippen LogP contribution in [0.3, 0.4) is 0 Å². The van der Waals surface area contributed by atoms with Gasteiger partial charge < -0.3 is 9.47 Å². The second kappa shape index (κ2) is 8.16. The van der Waals surface area contributed by atoms with Gasteiger partial charge in [0, 0.05) is 62.7 Å². The molecule has 1 amide bonds. The molecule has 0 saturated carbocycles. The van der Waals surface area contributed by atoms with Gasteiger partial charge in [0.15, 0.2) is 0 Å². The zero-order valence-corrected chi connectivity index (χ0v) is 15.5. The summed E-state index contributed by atoms with van der Waals surface area (Å²) >= 11 is 0. The van der Waals surface area contributed by atoms with E-state index in [0.717, 1.165) is 30.8 Å². The van der Waals surface area contributed by atoms with Gasteiger partial charge in [-0.15, -0.1) is 0 Å². The second-order valence-corrected chi connectivity index (χ2v) is 6.98. The molecule has 1 fully saturated rings. The zero-order chi connectivity index (χ0) is 19.3. The first-order valence-corrected chi connectivity index (χ1v) is 9.40. The Labute approximate surface area is 162 Å². The zero-order valence-electron chi connectivity index (χ0n) is 15.5. The lowest BCUT2D eigenvalue weighted by Gasteiger charge is -2.33. The number of hydrogen-bond acceptors (Lipinski definition) is 5. The van der Waals surface area contributed by atoms with E-state index in [1.54, 1.807) is 24.7 Å². The second-order valence-electron chi connectivity index (χ2n) is 6.98. The summed E-state index contributed by atoms with van der Waals surface area (Å²) in [4.78, 5) is 38.7. The van der Waals surface area contributed by atoms with Crippen LogP contribution in [0.2, 0.25) is 0 Å². The van der Waals surface area contributed by atoms with Crippen LogP contribution in [-0.4, -0.2) is 48.0 Å². The highest BCUT2D eigenvalue weighted by Gasteiger charge is 2.27. The molecule has 1 aliphatic rings. The predicted octanol–water partition coefficient (Wildman–Crippen LogP) is 1.29. The first-order chi connectivity index (χ1) is 13.7. The smallest absolute Gasteiger partial charge is 0.340 e. The molecule has 1 unspecified atom stereocenters. The molecular formula is C20H22N6O2. The fraction of sp³-hybridized carbons (Fsp3) is 0.350. The van der Waals surface area contributed by atoms with E-state index in [4.69, 9.17) is 0 Å². The van der Waals surface area contributed by atoms with E-state index in [1.807, 2.05) is 29.4 Å². The molecule has 4 heterocycles. The van der Waals surface area contributed by atoms with E-state index in [2.05, 4.69) is 19.5 Å². The van der Waals surface area contributed by atoms with Crippen LogP contribution < -0.4 is 5.69 Å². The van der Waals surface area contributed by atoms with Crippen LogP contribution in [0.4, 0.5) is 0 Å². The van der Waals surface area contributed by atoms with Crippen LogP contribution in [-0.2, 0) is 17.9 Å². The molecule has 28 heavy (non-hydrogen) atoms. The van der Waals surface area contributed by atoms with Crippen molar-refractivity contribution in [1.29, 1.82) is 0 Å². The van der Waals surface area contributed by atoms with Gasteiger partial charge in [0.1, 0.15) is 12.4 Å². The highest BCUT2D eigenvalue weighted by molar-refractivity contribution is 5.76. The van der Waals surface area contributed by atoms with E-state index in [9.17, 15) is 9.59 Å². The SMILES string of the molecule is O=C(Cn1cccnc1=O)N1CCCC(c2nccn2Cc2ccncc2)C1. The number of aromatic nitrogens is 5. The minimum Gasteiger partial charge on any atom is -0.340 e. The third kappa shape index (κ3) is 4.00. The van der Waals surface area contributed by atoms with Gasteiger partial charge in [-0.25, -0.2) is 14.8 Å². The summed E-state index contributed by atoms with van der Waals surface area (Å²) in [6.45, 7) is 2.06. The molecule has 1 aliphatic heterocycles. The fourth-order valence-electron chi connectivity index (χ4n) is 3.67. The summed E-state index contributed by atoms with van der Waals surface area (Å²) in [7, 11) is 0. The number of carbonyl (C=O) groups excluding carboxylic acids is 1. The maximum Gasteiger partial charge on any atom is 0.347 e. The summed E-state index contributed by atoms with van der Waals surface area (Å²) in [5.41, 5.74) is 0.756. The van der Waals surface area contributed by atoms with Crippen molar-refractivity contribution < 1.29 is 4.79 Å². The van der Waals surface area contributed by atoms with Crippen molar-refractivity contribution in [3.05, 3.63) is 77.3 Å². The van der Waals surface area contributed by atoms with Crippen LogP contribution in [0, 0.1) is 0 Å². The van der Waals surface area contributed by atoms with Gasteiger partial charge in [0.05, 0.1) is 0 Å². The van der Waals surface area contributed by atoms with E-state index in [-0.39, 0.29) is 18.4 Å². The molecule has 3 aromatic heterocycles. The van der Waals surface area contributed by atoms with Crippen molar-refractivity contribution in [2.24, 2.45) is 0 Å². The van der Waals surface area contributed by atoms with Crippen LogP contribution in [0.15, 0.2) is 60.2 Å². The normalized spacial score (nSPS) is 16.9. The van der Waals surface area contributed by atoms with E-state index < -0.39 is 5.69 Å². The van der Waals surface area contributed by atoms with Gasteiger partial charge in [0.25, 0.3) is 0 Å². The quantitative estimate of drug-likeness (QED) is 0.668. The lowest BCUT2D eigenvalue weighted by Crippen LogP contribution is -2.42. The molecule has 144 valence electrons. The Balaban J connectivity index is 1.46. The summed E-state index contributed by atoms with van der Waals surface area (Å²) < 4.78 is 3.48. The van der Waals surface area contributed by atoms with Gasteiger partial charge in [-0.05, 0) is 36.6 Å². The van der Waals surface area contributed by atoms with Crippen molar-refractivity contribution in [3.63, 3.8) is 0 Å². The number of rotatable bonds is 5. The number of imidazole rings is 1. The summed E-state index contributed by atoms with van der Waals surface area (Å²) in [5.74, 6) is 1.11. The molecule has 0 spiro atoms. The standard InChI is InChI=1S/C20H22N6O2/c27-18(15-26-11-2-6-23-20(26)28)24-10-1-3-17(14-24)19-22-9-12-25(19)13-16-4-7-21-8-5-16/h2,4-9,11-12,17H,1,3,10,13-15H2. The Kier molecular flexibility index (Phi) is 5.27. The van der Waals surface area contributed by atoms with Gasteiger partial charge in [0.2, 0.25) is 5.91 Å². The first kappa shape index (κ1) is 18.1. The molecule has 3 aromatic rings. The largest absolute Gasteiger partial charge is 0.347 e. The van der Waals surface area contributed by atoms with E-state index >= 15 is 0 Å². The van der Waals surface area contributed by atoms with Crippen molar-refractivity contribution in [2.45, 2.75) is 31.8 Å². The highest BCUT2D eigenvalue weighted by atomic mass is 16.2. The Morgan fingerprint density at radius 2 is 1.93 bits per heavy atom. The average molecular weight is 378 g/mol. The van der Waals surface area contributed by atoms with Gasteiger partial charge in [-0.3, -0.25) is 14.3 Å². The molecule has 4 rings (SSSR count). The Morgan fingerprint density at radius 1 is 1.07 bits per heavy atom. The van der Waals surface area contributed by atoms with Gasteiger partial charge in [-0.1, -0.05) is 0 Å². The molecule has 0 radical (unpaired) electrons. The van der Waals surface area contributed by atoms with E-state index in [0.29, 0.717) is 13.1 Å². The minimum absolute atomic E-state index is 0.0187. The van der Waals surface area contributed by atoms with Crippen LogP contribution in [0.5, 0.6) is 0 Å². The Morgan fingerprint density at radius 3 is 2.75 bits per heavy atom. The lowest BCUT2D eigenvalue weighted by molar-refractivity contribution is -0.133. The molecule has 1 saturated heterocycles. The molecule has 0 aliphatic carbocycles. The first-order valence-electron chi connectivity index (χ1n) is 9.40. The molecule has 1 atom stereocenters. The topological polar surface area (TPSA) is 85.9 Å². The number of nitrogens with zero attached hydrogens (tertiary/aromatic N) is 6. The average Bonchev–Trinajstić information content (AvgIpc) is 3.19. The van der Waals surface area contributed by atoms with Crippen molar-refractivity contribution >= 4 is 5.91 Å². The molecule has 0 N–H and O–H groups in total. The maximum atomic E-state index is 12.7. The van der Waals surface area contributed by atoms with E-state index in [1.165, 1.54) is 10.8 Å². The monoisotopic (exact) mass is 378 g/mol. The van der Waals surface area contributed by atoms with Crippen LogP contribution in [0.1, 0.15) is 30.1 Å². The summed E-state index contributed by atoms with van der Waals surface area (Å²) in [6.07, 6.45) is 12.3. The number of likely N-dealkylation sites (tertiary alicyclic amines) is 1. The Bertz CT molecular complexity index is 997. The number of carbonyl (C=O) groups is 1. The molecule has 0 bridgehead atoms. The van der Waals surface area contributed by atoms with Gasteiger partial charge in [-0.2, -0.15) is 0 Å².